The van der Waals surface area contributed by atoms with Gasteiger partial charge in [-0.3, -0.25) is 19.3 Å². The molecule has 0 unspecified atom stereocenters. The van der Waals surface area contributed by atoms with Gasteiger partial charge in [0.25, 0.3) is 5.91 Å². The van der Waals surface area contributed by atoms with E-state index in [0.29, 0.717) is 17.5 Å². The molecule has 1 aliphatic carbocycles. The van der Waals surface area contributed by atoms with E-state index in [-0.39, 0.29) is 24.3 Å². The van der Waals surface area contributed by atoms with Crippen LogP contribution in [-0.4, -0.2) is 42.8 Å². The Morgan fingerprint density at radius 2 is 1.46 bits per heavy atom. The van der Waals surface area contributed by atoms with Crippen LogP contribution in [0.4, 0.5) is 0 Å². The van der Waals surface area contributed by atoms with E-state index >= 15 is 0 Å². The number of amides is 2. The summed E-state index contributed by atoms with van der Waals surface area (Å²) >= 11 is 0. The standard InChI is InChI=1S/C14H17NO2.C9H10O2/c16-11-15(13-9-5-2-6-10-13)14(17)12-7-3-1-4-8-12;1-11-7-9(10)8-5-3-2-4-6-8/h1,3-4,7-8,11,13H,2,5-6,9-10H2;2-6H,7H2,1H3. The van der Waals surface area contributed by atoms with Crippen molar-refractivity contribution in [3.63, 3.8) is 0 Å². The van der Waals surface area contributed by atoms with Crippen LogP contribution < -0.4 is 0 Å². The molecule has 28 heavy (non-hydrogen) atoms. The van der Waals surface area contributed by atoms with Gasteiger partial charge in [0.15, 0.2) is 5.78 Å². The van der Waals surface area contributed by atoms with E-state index in [2.05, 4.69) is 0 Å². The molecule has 2 aromatic rings. The summed E-state index contributed by atoms with van der Waals surface area (Å²) in [6.07, 6.45) is 6.00. The summed E-state index contributed by atoms with van der Waals surface area (Å²) in [6.45, 7) is 0.157. The zero-order valence-electron chi connectivity index (χ0n) is 16.3. The van der Waals surface area contributed by atoms with E-state index in [4.69, 9.17) is 4.74 Å². The van der Waals surface area contributed by atoms with Crippen molar-refractivity contribution in [3.8, 4) is 0 Å². The van der Waals surface area contributed by atoms with Gasteiger partial charge in [0.2, 0.25) is 6.41 Å². The summed E-state index contributed by atoms with van der Waals surface area (Å²) in [7, 11) is 1.51. The quantitative estimate of drug-likeness (QED) is 0.557. The van der Waals surface area contributed by atoms with Gasteiger partial charge in [0.1, 0.15) is 6.61 Å². The summed E-state index contributed by atoms with van der Waals surface area (Å²) in [4.78, 5) is 35.8. The minimum absolute atomic E-state index is 0.0214. The Kier molecular flexibility index (Phi) is 9.08. The monoisotopic (exact) mass is 381 g/mol. The Bertz CT molecular complexity index is 740. The smallest absolute Gasteiger partial charge is 0.260 e. The van der Waals surface area contributed by atoms with E-state index < -0.39 is 0 Å². The van der Waals surface area contributed by atoms with E-state index in [1.807, 2.05) is 36.4 Å². The maximum atomic E-state index is 12.2. The molecule has 0 aromatic heterocycles. The Hall–Kier alpha value is -2.79. The van der Waals surface area contributed by atoms with Gasteiger partial charge in [-0.1, -0.05) is 67.8 Å². The Balaban J connectivity index is 0.000000221. The number of nitrogens with zero attached hydrogens (tertiary/aromatic N) is 1. The van der Waals surface area contributed by atoms with Crippen LogP contribution in [0.15, 0.2) is 60.7 Å². The van der Waals surface area contributed by atoms with Gasteiger partial charge < -0.3 is 4.74 Å². The molecular formula is C23H27NO4. The van der Waals surface area contributed by atoms with Gasteiger partial charge in [0, 0.05) is 24.3 Å². The molecule has 1 fully saturated rings. The van der Waals surface area contributed by atoms with Crippen LogP contribution in [0.25, 0.3) is 0 Å². The van der Waals surface area contributed by atoms with Gasteiger partial charge in [-0.15, -0.1) is 0 Å². The molecular weight excluding hydrogens is 354 g/mol. The van der Waals surface area contributed by atoms with Crippen molar-refractivity contribution in [1.29, 1.82) is 0 Å². The number of ether oxygens (including phenoxy) is 1. The van der Waals surface area contributed by atoms with E-state index in [1.54, 1.807) is 24.3 Å². The number of Topliss-reactive ketones (excluding diaryl/α,β-unsaturated/α-hetero) is 1. The summed E-state index contributed by atoms with van der Waals surface area (Å²) < 4.78 is 4.71. The first-order valence-corrected chi connectivity index (χ1v) is 9.57. The predicted molar refractivity (Wildman–Crippen MR) is 108 cm³/mol. The zero-order valence-corrected chi connectivity index (χ0v) is 16.3. The lowest BCUT2D eigenvalue weighted by atomic mass is 9.94. The zero-order chi connectivity index (χ0) is 20.2. The second kappa shape index (κ2) is 11.8. The summed E-state index contributed by atoms with van der Waals surface area (Å²) in [6, 6.07) is 18.2. The second-order valence-corrected chi connectivity index (χ2v) is 6.70. The third kappa shape index (κ3) is 6.43. The van der Waals surface area contributed by atoms with E-state index in [1.165, 1.54) is 18.4 Å². The molecule has 0 heterocycles. The van der Waals surface area contributed by atoms with Gasteiger partial charge >= 0.3 is 0 Å². The lowest BCUT2D eigenvalue weighted by Gasteiger charge is -2.29. The number of rotatable bonds is 6. The molecule has 3 rings (SSSR count). The van der Waals surface area contributed by atoms with Crippen LogP contribution in [0.3, 0.4) is 0 Å². The molecule has 148 valence electrons. The first-order chi connectivity index (χ1) is 13.7. The number of hydrogen-bond donors (Lipinski definition) is 0. The summed E-state index contributed by atoms with van der Waals surface area (Å²) in [5.41, 5.74) is 1.29. The molecule has 0 bridgehead atoms. The van der Waals surface area contributed by atoms with Crippen LogP contribution in [0.5, 0.6) is 0 Å². The van der Waals surface area contributed by atoms with Gasteiger partial charge in [-0.05, 0) is 25.0 Å². The molecule has 2 aromatic carbocycles. The third-order valence-corrected chi connectivity index (χ3v) is 4.71. The largest absolute Gasteiger partial charge is 0.377 e. The van der Waals surface area contributed by atoms with Crippen LogP contribution in [0, 0.1) is 0 Å². The van der Waals surface area contributed by atoms with Gasteiger partial charge in [-0.25, -0.2) is 0 Å². The van der Waals surface area contributed by atoms with Crippen molar-refractivity contribution < 1.29 is 19.1 Å². The van der Waals surface area contributed by atoms with Crippen LogP contribution >= 0.6 is 0 Å². The van der Waals surface area contributed by atoms with E-state index in [9.17, 15) is 14.4 Å². The van der Waals surface area contributed by atoms with Crippen molar-refractivity contribution in [2.45, 2.75) is 38.1 Å². The molecule has 0 saturated heterocycles. The lowest BCUT2D eigenvalue weighted by molar-refractivity contribution is -0.118. The molecule has 2 amide bonds. The minimum Gasteiger partial charge on any atom is -0.377 e. The van der Waals surface area contributed by atoms with Crippen molar-refractivity contribution in [2.24, 2.45) is 0 Å². The minimum atomic E-state index is -0.174. The number of carbonyl (C=O) groups excluding carboxylic acids is 3. The fourth-order valence-corrected chi connectivity index (χ4v) is 3.23. The Morgan fingerprint density at radius 3 is 1.96 bits per heavy atom. The van der Waals surface area contributed by atoms with Gasteiger partial charge in [0.05, 0.1) is 0 Å². The molecule has 5 heteroatoms. The normalized spacial score (nSPS) is 13.8. The van der Waals surface area contributed by atoms with Crippen molar-refractivity contribution in [2.75, 3.05) is 13.7 Å². The molecule has 0 N–H and O–H groups in total. The first-order valence-electron chi connectivity index (χ1n) is 9.57. The number of ketones is 1. The highest BCUT2D eigenvalue weighted by atomic mass is 16.5. The number of benzene rings is 2. The fraction of sp³-hybridized carbons (Fsp3) is 0.348. The molecule has 0 atom stereocenters. The fourth-order valence-electron chi connectivity index (χ4n) is 3.23. The molecule has 5 nitrogen and oxygen atoms in total. The van der Waals surface area contributed by atoms with Crippen LogP contribution in [-0.2, 0) is 9.53 Å². The molecule has 0 aliphatic heterocycles. The highest BCUT2D eigenvalue weighted by Crippen LogP contribution is 2.23. The Labute approximate surface area is 166 Å². The first kappa shape index (κ1) is 21.5. The number of carbonyl (C=O) groups is 3. The maximum absolute atomic E-state index is 12.2. The highest BCUT2D eigenvalue weighted by Gasteiger charge is 2.25. The van der Waals surface area contributed by atoms with E-state index in [0.717, 1.165) is 25.7 Å². The maximum Gasteiger partial charge on any atom is 0.260 e. The average Bonchev–Trinajstić information content (AvgIpc) is 2.77. The van der Waals surface area contributed by atoms with Crippen molar-refractivity contribution >= 4 is 18.1 Å². The predicted octanol–water partition coefficient (Wildman–Crippen LogP) is 4.13. The van der Waals surface area contributed by atoms with Crippen LogP contribution in [0.1, 0.15) is 52.8 Å². The Morgan fingerprint density at radius 1 is 0.929 bits per heavy atom. The highest BCUT2D eigenvalue weighted by molar-refractivity contribution is 6.00. The second-order valence-electron chi connectivity index (χ2n) is 6.70. The van der Waals surface area contributed by atoms with Crippen molar-refractivity contribution in [1.82, 2.24) is 4.90 Å². The summed E-state index contributed by atoms with van der Waals surface area (Å²) in [5, 5.41) is 0. The topological polar surface area (TPSA) is 63.7 Å². The average molecular weight is 381 g/mol. The number of hydrogen-bond acceptors (Lipinski definition) is 4. The summed E-state index contributed by atoms with van der Waals surface area (Å²) in [5.74, 6) is -0.152. The van der Waals surface area contributed by atoms with Crippen molar-refractivity contribution in [3.05, 3.63) is 71.8 Å². The third-order valence-electron chi connectivity index (χ3n) is 4.71. The molecule has 1 aliphatic rings. The molecule has 0 radical (unpaired) electrons. The number of methoxy groups -OCH3 is 1. The molecule has 1 saturated carbocycles. The van der Waals surface area contributed by atoms with Gasteiger partial charge in [-0.2, -0.15) is 0 Å². The SMILES string of the molecule is COCC(=O)c1ccccc1.O=CN(C(=O)c1ccccc1)C1CCCCC1. The lowest BCUT2D eigenvalue weighted by Crippen LogP contribution is -2.40. The molecule has 0 spiro atoms. The van der Waals surface area contributed by atoms with Crippen LogP contribution in [0.2, 0.25) is 0 Å². The number of imide groups is 1.